The summed E-state index contributed by atoms with van der Waals surface area (Å²) in [6, 6.07) is 0.120. The Hall–Kier alpha value is -2.51. The Morgan fingerprint density at radius 1 is 1.44 bits per heavy atom. The third-order valence-electron chi connectivity index (χ3n) is 4.77. The summed E-state index contributed by atoms with van der Waals surface area (Å²) < 4.78 is 15.7. The van der Waals surface area contributed by atoms with Crippen molar-refractivity contribution in [1.82, 2.24) is 20.0 Å². The molecule has 1 aliphatic rings. The Bertz CT molecular complexity index is 759. The molecule has 1 saturated carbocycles. The number of amides is 1. The minimum atomic E-state index is -1.30. The van der Waals surface area contributed by atoms with Gasteiger partial charge in [0.1, 0.15) is 18.2 Å². The van der Waals surface area contributed by atoms with Crippen LogP contribution in [-0.4, -0.2) is 32.2 Å². The molecular formula is C17H22FN5O2. The first-order valence-corrected chi connectivity index (χ1v) is 8.49. The quantitative estimate of drug-likeness (QED) is 0.813. The SMILES string of the molecule is Cc1[nH]ncc1C(=O)Nc1cn(C2CCC(C=O)CC2)nc1C(C)F. The zero-order valence-electron chi connectivity index (χ0n) is 14.3. The highest BCUT2D eigenvalue weighted by Crippen LogP contribution is 2.33. The number of nitrogens with one attached hydrogen (secondary N) is 2. The summed E-state index contributed by atoms with van der Waals surface area (Å²) in [6.45, 7) is 3.14. The fraction of sp³-hybridized carbons (Fsp3) is 0.529. The molecule has 0 aromatic carbocycles. The smallest absolute Gasteiger partial charge is 0.259 e. The molecule has 2 aromatic rings. The lowest BCUT2D eigenvalue weighted by atomic mass is 9.87. The van der Waals surface area contributed by atoms with Crippen LogP contribution in [0.4, 0.5) is 10.1 Å². The van der Waals surface area contributed by atoms with E-state index in [2.05, 4.69) is 20.6 Å². The number of halogens is 1. The van der Waals surface area contributed by atoms with E-state index >= 15 is 0 Å². The number of hydrogen-bond donors (Lipinski definition) is 2. The molecule has 1 amide bonds. The van der Waals surface area contributed by atoms with Crippen molar-refractivity contribution in [3.8, 4) is 0 Å². The third-order valence-corrected chi connectivity index (χ3v) is 4.77. The lowest BCUT2D eigenvalue weighted by Crippen LogP contribution is -2.19. The fourth-order valence-electron chi connectivity index (χ4n) is 3.25. The number of aryl methyl sites for hydroxylation is 1. The molecule has 0 spiro atoms. The molecule has 1 aliphatic carbocycles. The second-order valence-electron chi connectivity index (χ2n) is 6.59. The second kappa shape index (κ2) is 7.16. The summed E-state index contributed by atoms with van der Waals surface area (Å²) in [5.74, 6) is -0.244. The number of carbonyl (C=O) groups is 2. The van der Waals surface area contributed by atoms with Gasteiger partial charge in [-0.3, -0.25) is 14.6 Å². The maximum absolute atomic E-state index is 14.0. The Morgan fingerprint density at radius 3 is 2.72 bits per heavy atom. The number of anilines is 1. The topological polar surface area (TPSA) is 92.7 Å². The van der Waals surface area contributed by atoms with E-state index in [1.807, 2.05) is 0 Å². The summed E-state index contributed by atoms with van der Waals surface area (Å²) >= 11 is 0. The monoisotopic (exact) mass is 347 g/mol. The van der Waals surface area contributed by atoms with Crippen LogP contribution in [0.5, 0.6) is 0 Å². The Labute approximate surface area is 145 Å². The van der Waals surface area contributed by atoms with E-state index in [0.29, 0.717) is 16.9 Å². The largest absolute Gasteiger partial charge is 0.319 e. The van der Waals surface area contributed by atoms with Crippen molar-refractivity contribution in [2.75, 3.05) is 5.32 Å². The summed E-state index contributed by atoms with van der Waals surface area (Å²) in [4.78, 5) is 23.3. The van der Waals surface area contributed by atoms with Crippen LogP contribution in [-0.2, 0) is 4.79 Å². The van der Waals surface area contributed by atoms with E-state index in [1.54, 1.807) is 17.8 Å². The lowest BCUT2D eigenvalue weighted by Gasteiger charge is -2.25. The molecule has 7 nitrogen and oxygen atoms in total. The van der Waals surface area contributed by atoms with Gasteiger partial charge >= 0.3 is 0 Å². The number of hydrogen-bond acceptors (Lipinski definition) is 4. The Kier molecular flexibility index (Phi) is 4.96. The number of nitrogens with zero attached hydrogens (tertiary/aromatic N) is 3. The minimum absolute atomic E-state index is 0.106. The maximum atomic E-state index is 14.0. The lowest BCUT2D eigenvalue weighted by molar-refractivity contribution is -0.112. The van der Waals surface area contributed by atoms with E-state index in [0.717, 1.165) is 32.0 Å². The molecule has 2 N–H and O–H groups in total. The van der Waals surface area contributed by atoms with Gasteiger partial charge in [0.25, 0.3) is 5.91 Å². The van der Waals surface area contributed by atoms with Gasteiger partial charge in [-0.2, -0.15) is 10.2 Å². The first kappa shape index (κ1) is 17.3. The number of carbonyl (C=O) groups excluding carboxylic acids is 2. The molecular weight excluding hydrogens is 325 g/mol. The summed E-state index contributed by atoms with van der Waals surface area (Å²) in [6.07, 6.45) is 6.09. The number of H-pyrrole nitrogens is 1. The molecule has 0 radical (unpaired) electrons. The molecule has 25 heavy (non-hydrogen) atoms. The van der Waals surface area contributed by atoms with Crippen molar-refractivity contribution in [2.24, 2.45) is 5.92 Å². The van der Waals surface area contributed by atoms with E-state index in [-0.39, 0.29) is 23.6 Å². The molecule has 0 saturated heterocycles. The predicted octanol–water partition coefficient (Wildman–Crippen LogP) is 3.13. The van der Waals surface area contributed by atoms with Crippen molar-refractivity contribution < 1.29 is 14.0 Å². The van der Waals surface area contributed by atoms with Gasteiger partial charge in [0, 0.05) is 17.8 Å². The first-order valence-electron chi connectivity index (χ1n) is 8.49. The number of rotatable bonds is 5. The number of aromatic amines is 1. The Morgan fingerprint density at radius 2 is 2.16 bits per heavy atom. The van der Waals surface area contributed by atoms with Crippen molar-refractivity contribution >= 4 is 17.9 Å². The Balaban J connectivity index is 1.79. The van der Waals surface area contributed by atoms with E-state index in [9.17, 15) is 14.0 Å². The second-order valence-corrected chi connectivity index (χ2v) is 6.59. The molecule has 3 rings (SSSR count). The zero-order valence-corrected chi connectivity index (χ0v) is 14.3. The van der Waals surface area contributed by atoms with Gasteiger partial charge in [-0.1, -0.05) is 0 Å². The highest BCUT2D eigenvalue weighted by Gasteiger charge is 2.26. The number of aldehydes is 1. The van der Waals surface area contributed by atoms with Crippen LogP contribution < -0.4 is 5.32 Å². The molecule has 134 valence electrons. The fourth-order valence-corrected chi connectivity index (χ4v) is 3.25. The molecule has 1 unspecified atom stereocenters. The molecule has 1 fully saturated rings. The maximum Gasteiger partial charge on any atom is 0.259 e. The van der Waals surface area contributed by atoms with Crippen molar-refractivity contribution in [3.05, 3.63) is 29.3 Å². The summed E-state index contributed by atoms with van der Waals surface area (Å²) in [7, 11) is 0. The highest BCUT2D eigenvalue weighted by molar-refractivity contribution is 6.05. The third kappa shape index (κ3) is 3.62. The van der Waals surface area contributed by atoms with Gasteiger partial charge in [-0.15, -0.1) is 0 Å². The van der Waals surface area contributed by atoms with Gasteiger partial charge in [-0.05, 0) is 39.5 Å². The summed E-state index contributed by atoms with van der Waals surface area (Å²) in [5.41, 5.74) is 1.65. The van der Waals surface area contributed by atoms with E-state index < -0.39 is 6.17 Å². The van der Waals surface area contributed by atoms with Crippen molar-refractivity contribution in [3.63, 3.8) is 0 Å². The standard InChI is InChI=1S/C17H22FN5O2/c1-10(18)16-15(20-17(25)14-7-19-21-11(14)2)8-23(22-16)13-5-3-12(9-24)4-6-13/h7-10,12-13H,3-6H2,1-2H3,(H,19,21)(H,20,25). The molecule has 0 aliphatic heterocycles. The van der Waals surface area contributed by atoms with Gasteiger partial charge < -0.3 is 10.1 Å². The van der Waals surface area contributed by atoms with Crippen molar-refractivity contribution in [2.45, 2.75) is 51.7 Å². The highest BCUT2D eigenvalue weighted by atomic mass is 19.1. The van der Waals surface area contributed by atoms with Crippen LogP contribution in [0.25, 0.3) is 0 Å². The number of aromatic nitrogens is 4. The average Bonchev–Trinajstić information content (AvgIpc) is 3.21. The predicted molar refractivity (Wildman–Crippen MR) is 90.1 cm³/mol. The van der Waals surface area contributed by atoms with Crippen LogP contribution in [0.3, 0.4) is 0 Å². The molecule has 2 heterocycles. The van der Waals surface area contributed by atoms with E-state index in [1.165, 1.54) is 13.1 Å². The number of alkyl halides is 1. The van der Waals surface area contributed by atoms with Crippen LogP contribution in [0.1, 0.15) is 66.6 Å². The minimum Gasteiger partial charge on any atom is -0.319 e. The van der Waals surface area contributed by atoms with Gasteiger partial charge in [-0.25, -0.2) is 4.39 Å². The van der Waals surface area contributed by atoms with Crippen LogP contribution in [0.2, 0.25) is 0 Å². The molecule has 1 atom stereocenters. The van der Waals surface area contributed by atoms with E-state index in [4.69, 9.17) is 0 Å². The van der Waals surface area contributed by atoms with Crippen LogP contribution in [0.15, 0.2) is 12.4 Å². The molecule has 8 heteroatoms. The normalized spacial score (nSPS) is 21.7. The van der Waals surface area contributed by atoms with Crippen LogP contribution >= 0.6 is 0 Å². The van der Waals surface area contributed by atoms with Gasteiger partial charge in [0.05, 0.1) is 23.5 Å². The first-order chi connectivity index (χ1) is 12.0. The summed E-state index contributed by atoms with van der Waals surface area (Å²) in [5, 5.41) is 13.6. The van der Waals surface area contributed by atoms with Gasteiger partial charge in [0.15, 0.2) is 0 Å². The zero-order chi connectivity index (χ0) is 18.0. The van der Waals surface area contributed by atoms with Crippen molar-refractivity contribution in [1.29, 1.82) is 0 Å². The molecule has 2 aromatic heterocycles. The molecule has 0 bridgehead atoms. The average molecular weight is 347 g/mol. The van der Waals surface area contributed by atoms with Crippen LogP contribution in [0, 0.1) is 12.8 Å². The van der Waals surface area contributed by atoms with Gasteiger partial charge in [0.2, 0.25) is 0 Å².